The number of piperazine rings is 1. The highest BCUT2D eigenvalue weighted by Gasteiger charge is 2.49. The maximum atomic E-state index is 16.9. The van der Waals surface area contributed by atoms with E-state index in [1.165, 1.54) is 0 Å². The van der Waals surface area contributed by atoms with Crippen LogP contribution in [0.4, 0.5) is 14.6 Å². The lowest BCUT2D eigenvalue weighted by Crippen LogP contribution is -2.51. The number of benzene rings is 2. The van der Waals surface area contributed by atoms with Gasteiger partial charge in [0.05, 0.1) is 10.9 Å². The van der Waals surface area contributed by atoms with Gasteiger partial charge in [-0.2, -0.15) is 9.97 Å². The molecule has 1 saturated carbocycles. The predicted molar refractivity (Wildman–Crippen MR) is 165 cm³/mol. The number of hydrogen-bond donors (Lipinski definition) is 2. The van der Waals surface area contributed by atoms with Crippen molar-refractivity contribution in [2.75, 3.05) is 37.7 Å². The van der Waals surface area contributed by atoms with Crippen LogP contribution in [0.2, 0.25) is 0 Å². The molecular weight excluding hydrogens is 562 g/mol. The van der Waals surface area contributed by atoms with E-state index in [0.717, 1.165) is 74.5 Å². The summed E-state index contributed by atoms with van der Waals surface area (Å²) in [6.45, 7) is 3.08. The first kappa shape index (κ1) is 26.7. The van der Waals surface area contributed by atoms with Crippen LogP contribution in [-0.2, 0) is 0 Å². The van der Waals surface area contributed by atoms with Gasteiger partial charge >= 0.3 is 6.01 Å². The molecule has 0 spiro atoms. The van der Waals surface area contributed by atoms with Gasteiger partial charge in [0.2, 0.25) is 0 Å². The van der Waals surface area contributed by atoms with Crippen molar-refractivity contribution in [1.29, 1.82) is 0 Å². The molecule has 2 bridgehead atoms. The van der Waals surface area contributed by atoms with Crippen molar-refractivity contribution in [1.82, 2.24) is 25.2 Å². The maximum Gasteiger partial charge on any atom is 0.319 e. The van der Waals surface area contributed by atoms with E-state index < -0.39 is 12.0 Å². The number of fused-ring (bicyclic) bond motifs is 5. The topological polar surface area (TPSA) is 86.6 Å². The number of halogens is 2. The molecule has 4 aromatic rings. The van der Waals surface area contributed by atoms with Gasteiger partial charge in [0.25, 0.3) is 0 Å². The quantitative estimate of drug-likeness (QED) is 0.303. The zero-order valence-electron chi connectivity index (χ0n) is 24.6. The second kappa shape index (κ2) is 9.94. The molecule has 2 N–H and O–H groups in total. The minimum absolute atomic E-state index is 0.0635. The summed E-state index contributed by atoms with van der Waals surface area (Å²) in [7, 11) is 0. The molecule has 228 valence electrons. The van der Waals surface area contributed by atoms with Crippen molar-refractivity contribution in [3.63, 3.8) is 0 Å². The Labute approximate surface area is 254 Å². The summed E-state index contributed by atoms with van der Waals surface area (Å²) in [6, 6.07) is 10.2. The summed E-state index contributed by atoms with van der Waals surface area (Å²) < 4.78 is 37.7. The Morgan fingerprint density at radius 2 is 1.91 bits per heavy atom. The van der Waals surface area contributed by atoms with Crippen LogP contribution >= 0.6 is 0 Å². The van der Waals surface area contributed by atoms with Crippen LogP contribution in [0.1, 0.15) is 56.4 Å². The van der Waals surface area contributed by atoms with Crippen LogP contribution < -0.4 is 15.0 Å². The summed E-state index contributed by atoms with van der Waals surface area (Å²) in [5.41, 5.74) is 1.65. The molecule has 44 heavy (non-hydrogen) atoms. The van der Waals surface area contributed by atoms with E-state index in [2.05, 4.69) is 31.2 Å². The van der Waals surface area contributed by atoms with Crippen molar-refractivity contribution in [2.24, 2.45) is 0 Å². The Bertz CT molecular complexity index is 1790. The fourth-order valence-electron chi connectivity index (χ4n) is 8.49. The Morgan fingerprint density at radius 3 is 2.73 bits per heavy atom. The van der Waals surface area contributed by atoms with Crippen LogP contribution in [0.15, 0.2) is 36.5 Å². The Hall–Kier alpha value is -3.63. The lowest BCUT2D eigenvalue weighted by molar-refractivity contribution is 0.107. The second-order valence-electron chi connectivity index (χ2n) is 13.6. The Morgan fingerprint density at radius 1 is 1.07 bits per heavy atom. The summed E-state index contributed by atoms with van der Waals surface area (Å²) in [5.74, 6) is 0.554. The van der Waals surface area contributed by atoms with Gasteiger partial charge in [-0.05, 0) is 79.5 Å². The minimum Gasteiger partial charge on any atom is -0.508 e. The van der Waals surface area contributed by atoms with Crippen molar-refractivity contribution >= 4 is 27.5 Å². The van der Waals surface area contributed by atoms with Gasteiger partial charge in [0.15, 0.2) is 5.82 Å². The molecule has 4 saturated heterocycles. The van der Waals surface area contributed by atoms with Crippen molar-refractivity contribution in [2.45, 2.75) is 74.7 Å². The van der Waals surface area contributed by atoms with Crippen LogP contribution in [0.25, 0.3) is 32.9 Å². The number of anilines is 1. The smallest absolute Gasteiger partial charge is 0.319 e. The Balaban J connectivity index is 1.18. The van der Waals surface area contributed by atoms with E-state index in [-0.39, 0.29) is 35.1 Å². The van der Waals surface area contributed by atoms with Gasteiger partial charge in [-0.3, -0.25) is 9.88 Å². The number of phenolic OH excluding ortho intramolecular Hbond substituents is 1. The predicted octanol–water partition coefficient (Wildman–Crippen LogP) is 5.46. The molecule has 2 aromatic carbocycles. The number of aromatic nitrogens is 3. The fourth-order valence-corrected chi connectivity index (χ4v) is 8.49. The summed E-state index contributed by atoms with van der Waals surface area (Å²) in [4.78, 5) is 18.6. The largest absolute Gasteiger partial charge is 0.508 e. The average molecular weight is 599 g/mol. The lowest BCUT2D eigenvalue weighted by atomic mass is 9.94. The number of nitrogens with one attached hydrogen (secondary N) is 1. The number of alkyl halides is 1. The molecular formula is C34H36F2N6O2. The van der Waals surface area contributed by atoms with Crippen LogP contribution in [0.5, 0.6) is 11.8 Å². The first-order chi connectivity index (χ1) is 21.4. The van der Waals surface area contributed by atoms with E-state index in [1.807, 2.05) is 12.1 Å². The van der Waals surface area contributed by atoms with Gasteiger partial charge in [-0.1, -0.05) is 18.2 Å². The third-order valence-corrected chi connectivity index (χ3v) is 10.7. The van der Waals surface area contributed by atoms with Crippen LogP contribution in [0, 0.1) is 5.82 Å². The van der Waals surface area contributed by atoms with E-state index in [1.54, 1.807) is 18.3 Å². The first-order valence-electron chi connectivity index (χ1n) is 16.1. The number of nitrogens with zero attached hydrogens (tertiary/aromatic N) is 5. The van der Waals surface area contributed by atoms with Gasteiger partial charge in [-0.15, -0.1) is 0 Å². The van der Waals surface area contributed by atoms with E-state index in [4.69, 9.17) is 9.72 Å². The highest BCUT2D eigenvalue weighted by atomic mass is 19.1. The van der Waals surface area contributed by atoms with E-state index in [0.29, 0.717) is 47.7 Å². The monoisotopic (exact) mass is 598 g/mol. The molecule has 6 heterocycles. The number of aromatic hydroxyl groups is 1. The molecule has 9 rings (SSSR count). The maximum absolute atomic E-state index is 16.9. The van der Waals surface area contributed by atoms with Crippen LogP contribution in [0.3, 0.4) is 0 Å². The van der Waals surface area contributed by atoms with Gasteiger partial charge in [0, 0.05) is 49.9 Å². The molecule has 0 radical (unpaired) electrons. The second-order valence-corrected chi connectivity index (χ2v) is 13.6. The number of ether oxygens (including phenoxy) is 1. The summed E-state index contributed by atoms with van der Waals surface area (Å²) >= 11 is 0. The normalized spacial score (nSPS) is 28.3. The molecule has 4 atom stereocenters. The number of rotatable bonds is 6. The molecule has 2 aromatic heterocycles. The SMILES string of the molecule is Oc1cc(-c2ncc3c(N4CC5CCC(C4)N5)nc(OCC45CCCN4CC(F)C5)nc3c2F)c2c(C3CC3)cccc2c1. The number of hydrogen-bond acceptors (Lipinski definition) is 8. The molecule has 8 nitrogen and oxygen atoms in total. The molecule has 5 aliphatic rings. The van der Waals surface area contributed by atoms with Crippen molar-refractivity contribution in [3.05, 3.63) is 47.9 Å². The first-order valence-corrected chi connectivity index (χ1v) is 16.1. The van der Waals surface area contributed by atoms with Gasteiger partial charge < -0.3 is 20.1 Å². The number of pyridine rings is 1. The van der Waals surface area contributed by atoms with Gasteiger partial charge in [-0.25, -0.2) is 8.78 Å². The highest BCUT2D eigenvalue weighted by Crippen LogP contribution is 2.47. The molecule has 0 amide bonds. The minimum atomic E-state index is -0.868. The fraction of sp³-hybridized carbons (Fsp3) is 0.500. The third kappa shape index (κ3) is 4.32. The summed E-state index contributed by atoms with van der Waals surface area (Å²) in [5, 5.41) is 16.6. The molecule has 10 heteroatoms. The Kier molecular flexibility index (Phi) is 6.04. The standard InChI is InChI=1S/C34H36F2N6O2/c35-21-13-34(9-2-10-42(34)15-21)18-44-33-39-31-27(32(40-33)41-16-22-7-8-23(17-41)38-22)14-37-30(29(31)36)26-12-24(43)11-20-3-1-4-25(28(20)26)19-5-6-19/h1,3-4,11-12,14,19,21-23,38,43H,2,5-10,13,15-18H2. The van der Waals surface area contributed by atoms with Gasteiger partial charge in [0.1, 0.15) is 35.6 Å². The third-order valence-electron chi connectivity index (χ3n) is 10.7. The summed E-state index contributed by atoms with van der Waals surface area (Å²) in [6.07, 6.45) is 7.51. The highest BCUT2D eigenvalue weighted by molar-refractivity contribution is 6.02. The van der Waals surface area contributed by atoms with Crippen molar-refractivity contribution in [3.8, 4) is 23.0 Å². The zero-order valence-corrected chi connectivity index (χ0v) is 24.6. The zero-order chi connectivity index (χ0) is 29.6. The molecule has 1 aliphatic carbocycles. The molecule has 4 unspecified atom stereocenters. The van der Waals surface area contributed by atoms with E-state index >= 15 is 4.39 Å². The van der Waals surface area contributed by atoms with Crippen LogP contribution in [-0.4, -0.2) is 81.5 Å². The number of phenols is 1. The van der Waals surface area contributed by atoms with E-state index in [9.17, 15) is 9.50 Å². The molecule has 4 aliphatic heterocycles. The lowest BCUT2D eigenvalue weighted by Gasteiger charge is -2.34. The molecule has 5 fully saturated rings. The van der Waals surface area contributed by atoms with Crippen molar-refractivity contribution < 1.29 is 18.6 Å². The average Bonchev–Trinajstić information content (AvgIpc) is 3.62.